The summed E-state index contributed by atoms with van der Waals surface area (Å²) in [5.74, 6) is 0. The Kier molecular flexibility index (Phi) is 5.59. The zero-order chi connectivity index (χ0) is 21.2. The lowest BCUT2D eigenvalue weighted by molar-refractivity contribution is 0.183. The lowest BCUT2D eigenvalue weighted by Gasteiger charge is -2.33. The number of benzene rings is 1. The van der Waals surface area contributed by atoms with Crippen molar-refractivity contribution in [2.45, 2.75) is 57.3 Å². The van der Waals surface area contributed by atoms with Gasteiger partial charge in [0.05, 0.1) is 18.3 Å². The number of aromatic amines is 1. The fraction of sp³-hybridized carbons (Fsp3) is 0.458. The fourth-order valence-corrected chi connectivity index (χ4v) is 4.84. The highest BCUT2D eigenvalue weighted by atomic mass is 16.2. The molecule has 7 heteroatoms. The SMILES string of the molecule is CC1CC(c2n[nH]c3c2CN(C(=O)NC2CCC(c4ccccc4)NC2)CC3)=CC=N1. The predicted octanol–water partition coefficient (Wildman–Crippen LogP) is 3.22. The number of carbonyl (C=O) groups is 1. The van der Waals surface area contributed by atoms with Crippen molar-refractivity contribution in [1.82, 2.24) is 25.7 Å². The van der Waals surface area contributed by atoms with Gasteiger partial charge in [0.2, 0.25) is 0 Å². The maximum atomic E-state index is 13.0. The van der Waals surface area contributed by atoms with Gasteiger partial charge in [0.1, 0.15) is 0 Å². The van der Waals surface area contributed by atoms with E-state index in [9.17, 15) is 4.79 Å². The van der Waals surface area contributed by atoms with Gasteiger partial charge < -0.3 is 15.5 Å². The van der Waals surface area contributed by atoms with E-state index in [1.807, 2.05) is 23.3 Å². The highest BCUT2D eigenvalue weighted by Crippen LogP contribution is 2.30. The summed E-state index contributed by atoms with van der Waals surface area (Å²) in [5.41, 5.74) is 5.82. The van der Waals surface area contributed by atoms with Crippen LogP contribution in [0.4, 0.5) is 4.79 Å². The summed E-state index contributed by atoms with van der Waals surface area (Å²) in [5, 5.41) is 14.6. The van der Waals surface area contributed by atoms with Crippen molar-refractivity contribution in [3.63, 3.8) is 0 Å². The molecule has 1 aromatic carbocycles. The molecular formula is C24H30N6O. The Labute approximate surface area is 183 Å². The van der Waals surface area contributed by atoms with E-state index >= 15 is 0 Å². The largest absolute Gasteiger partial charge is 0.334 e. The summed E-state index contributed by atoms with van der Waals surface area (Å²) >= 11 is 0. The smallest absolute Gasteiger partial charge is 0.317 e. The molecule has 3 N–H and O–H groups in total. The number of piperidine rings is 1. The zero-order valence-electron chi connectivity index (χ0n) is 18.0. The number of H-pyrrole nitrogens is 1. The number of rotatable bonds is 3. The maximum absolute atomic E-state index is 13.0. The summed E-state index contributed by atoms with van der Waals surface area (Å²) in [6.07, 6.45) is 7.63. The number of aromatic nitrogens is 2. The minimum atomic E-state index is 0.0234. The standard InChI is InChI=1S/C24H30N6O/c1-16-13-18(9-11-25-16)23-20-15-30(12-10-22(20)28-29-23)24(31)27-19-7-8-21(26-14-19)17-5-3-2-4-6-17/h2-6,9,11,16,19,21,26H,7-8,10,12-15H2,1H3,(H,27,31)(H,28,29). The van der Waals surface area contributed by atoms with Gasteiger partial charge in [0.15, 0.2) is 0 Å². The van der Waals surface area contributed by atoms with Gasteiger partial charge in [0.25, 0.3) is 0 Å². The van der Waals surface area contributed by atoms with Crippen LogP contribution in [-0.2, 0) is 13.0 Å². The topological polar surface area (TPSA) is 85.4 Å². The van der Waals surface area contributed by atoms with Gasteiger partial charge in [-0.25, -0.2) is 4.79 Å². The number of aliphatic imine (C=N–C) groups is 1. The van der Waals surface area contributed by atoms with Crippen molar-refractivity contribution >= 4 is 17.8 Å². The van der Waals surface area contributed by atoms with Crippen LogP contribution in [0.5, 0.6) is 0 Å². The Bertz CT molecular complexity index is 987. The Morgan fingerprint density at radius 3 is 2.87 bits per heavy atom. The normalized spacial score (nSPS) is 25.6. The molecule has 3 aliphatic rings. The minimum absolute atomic E-state index is 0.0234. The monoisotopic (exact) mass is 418 g/mol. The van der Waals surface area contributed by atoms with Crippen LogP contribution in [0, 0.1) is 0 Å². The Hall–Kier alpha value is -2.93. The number of nitrogens with zero attached hydrogens (tertiary/aromatic N) is 3. The van der Waals surface area contributed by atoms with Crippen LogP contribution >= 0.6 is 0 Å². The molecule has 2 amide bonds. The average Bonchev–Trinajstić information content (AvgIpc) is 3.23. The Morgan fingerprint density at radius 1 is 1.23 bits per heavy atom. The molecule has 2 aromatic rings. The van der Waals surface area contributed by atoms with Crippen molar-refractivity contribution < 1.29 is 4.79 Å². The molecule has 5 rings (SSSR count). The first-order valence-electron chi connectivity index (χ1n) is 11.3. The molecule has 0 spiro atoms. The second-order valence-corrected chi connectivity index (χ2v) is 8.84. The molecule has 1 fully saturated rings. The summed E-state index contributed by atoms with van der Waals surface area (Å²) in [7, 11) is 0. The van der Waals surface area contributed by atoms with Crippen LogP contribution in [-0.4, -0.2) is 52.5 Å². The quantitative estimate of drug-likeness (QED) is 0.715. The number of hydrogen-bond acceptors (Lipinski definition) is 4. The molecule has 1 aromatic heterocycles. The molecule has 4 heterocycles. The third-order valence-electron chi connectivity index (χ3n) is 6.60. The third-order valence-corrected chi connectivity index (χ3v) is 6.60. The molecule has 3 aliphatic heterocycles. The van der Waals surface area contributed by atoms with Gasteiger partial charge in [-0.1, -0.05) is 30.3 Å². The van der Waals surface area contributed by atoms with Crippen molar-refractivity contribution in [3.05, 3.63) is 58.9 Å². The number of hydrogen-bond donors (Lipinski definition) is 3. The summed E-state index contributed by atoms with van der Waals surface area (Å²) < 4.78 is 0. The lowest BCUT2D eigenvalue weighted by Crippen LogP contribution is -2.51. The van der Waals surface area contributed by atoms with E-state index in [1.54, 1.807) is 0 Å². The summed E-state index contributed by atoms with van der Waals surface area (Å²) in [6.45, 7) is 4.22. The molecule has 3 unspecified atom stereocenters. The number of dihydropyridines is 1. The highest BCUT2D eigenvalue weighted by molar-refractivity contribution is 5.86. The van der Waals surface area contributed by atoms with Crippen LogP contribution in [0.15, 0.2) is 41.4 Å². The zero-order valence-corrected chi connectivity index (χ0v) is 18.0. The molecule has 0 bridgehead atoms. The van der Waals surface area contributed by atoms with Gasteiger partial charge >= 0.3 is 6.03 Å². The van der Waals surface area contributed by atoms with E-state index in [0.29, 0.717) is 19.1 Å². The molecule has 0 saturated carbocycles. The first kappa shape index (κ1) is 20.0. The molecule has 7 nitrogen and oxygen atoms in total. The van der Waals surface area contributed by atoms with Crippen LogP contribution in [0.3, 0.4) is 0 Å². The maximum Gasteiger partial charge on any atom is 0.317 e. The fourth-order valence-electron chi connectivity index (χ4n) is 4.84. The highest BCUT2D eigenvalue weighted by Gasteiger charge is 2.29. The van der Waals surface area contributed by atoms with Crippen LogP contribution < -0.4 is 10.6 Å². The molecule has 162 valence electrons. The van der Waals surface area contributed by atoms with Crippen molar-refractivity contribution in [1.29, 1.82) is 0 Å². The van der Waals surface area contributed by atoms with E-state index in [1.165, 1.54) is 11.1 Å². The number of fused-ring (bicyclic) bond motifs is 1. The molecule has 0 radical (unpaired) electrons. The molecule has 3 atom stereocenters. The second kappa shape index (κ2) is 8.67. The van der Waals surface area contributed by atoms with E-state index in [2.05, 4.69) is 57.0 Å². The number of carbonyl (C=O) groups excluding carboxylic acids is 1. The van der Waals surface area contributed by atoms with Gasteiger partial charge in [-0.3, -0.25) is 10.1 Å². The number of urea groups is 1. The lowest BCUT2D eigenvalue weighted by atomic mass is 9.95. The van der Waals surface area contributed by atoms with E-state index < -0.39 is 0 Å². The molecule has 1 saturated heterocycles. The number of nitrogens with one attached hydrogen (secondary N) is 3. The van der Waals surface area contributed by atoms with Gasteiger partial charge in [-0.2, -0.15) is 5.10 Å². The van der Waals surface area contributed by atoms with Crippen LogP contribution in [0.1, 0.15) is 54.7 Å². The second-order valence-electron chi connectivity index (χ2n) is 8.84. The third kappa shape index (κ3) is 4.28. The van der Waals surface area contributed by atoms with Crippen molar-refractivity contribution in [2.75, 3.05) is 13.1 Å². The van der Waals surface area contributed by atoms with Crippen molar-refractivity contribution in [3.8, 4) is 0 Å². The van der Waals surface area contributed by atoms with Gasteiger partial charge in [-0.15, -0.1) is 0 Å². The minimum Gasteiger partial charge on any atom is -0.334 e. The van der Waals surface area contributed by atoms with Crippen LogP contribution in [0.2, 0.25) is 0 Å². The first-order valence-corrected chi connectivity index (χ1v) is 11.3. The van der Waals surface area contributed by atoms with Gasteiger partial charge in [0, 0.05) is 49.1 Å². The van der Waals surface area contributed by atoms with Crippen LogP contribution in [0.25, 0.3) is 5.57 Å². The van der Waals surface area contributed by atoms with Crippen molar-refractivity contribution in [2.24, 2.45) is 4.99 Å². The Morgan fingerprint density at radius 2 is 2.10 bits per heavy atom. The summed E-state index contributed by atoms with van der Waals surface area (Å²) in [6, 6.07) is 11.4. The predicted molar refractivity (Wildman–Crippen MR) is 122 cm³/mol. The van der Waals surface area contributed by atoms with E-state index in [-0.39, 0.29) is 18.1 Å². The number of amides is 2. The summed E-state index contributed by atoms with van der Waals surface area (Å²) in [4.78, 5) is 19.3. The first-order chi connectivity index (χ1) is 15.2. The van der Waals surface area contributed by atoms with Gasteiger partial charge in [-0.05, 0) is 43.4 Å². The molecular weight excluding hydrogens is 388 g/mol. The van der Waals surface area contributed by atoms with E-state index in [4.69, 9.17) is 0 Å². The van der Waals surface area contributed by atoms with E-state index in [0.717, 1.165) is 49.2 Å². The molecule has 0 aliphatic carbocycles. The molecule has 31 heavy (non-hydrogen) atoms. The Balaban J connectivity index is 1.19. The number of allylic oxidation sites excluding steroid dienone is 1. The average molecular weight is 419 g/mol.